The van der Waals surface area contributed by atoms with Crippen LogP contribution in [0.1, 0.15) is 18.0 Å². The van der Waals surface area contributed by atoms with Crippen molar-refractivity contribution in [1.29, 1.82) is 0 Å². The number of hydrogen-bond acceptors (Lipinski definition) is 8. The topological polar surface area (TPSA) is 86.5 Å². The van der Waals surface area contributed by atoms with E-state index in [1.54, 1.807) is 6.07 Å². The van der Waals surface area contributed by atoms with Crippen molar-refractivity contribution >= 4 is 29.4 Å². The Hall–Kier alpha value is -2.65. The molecule has 0 fully saturated rings. The van der Waals surface area contributed by atoms with Gasteiger partial charge in [0.25, 0.3) is 5.22 Å². The van der Waals surface area contributed by atoms with Gasteiger partial charge >= 0.3 is 0 Å². The van der Waals surface area contributed by atoms with Crippen LogP contribution in [-0.2, 0) is 4.79 Å². The van der Waals surface area contributed by atoms with Crippen LogP contribution in [0.25, 0.3) is 11.5 Å². The van der Waals surface area contributed by atoms with E-state index in [1.807, 2.05) is 36.0 Å². The molecule has 0 spiro atoms. The van der Waals surface area contributed by atoms with Gasteiger partial charge in [0.1, 0.15) is 0 Å². The number of hydrogen-bond donors (Lipinski definition) is 1. The average Bonchev–Trinajstić information content (AvgIpc) is 3.41. The molecule has 29 heavy (non-hydrogen) atoms. The second-order valence-electron chi connectivity index (χ2n) is 6.52. The Morgan fingerprint density at radius 2 is 2.07 bits per heavy atom. The Labute approximate surface area is 175 Å². The molecule has 0 saturated carbocycles. The molecule has 148 valence electrons. The molecule has 1 N–H and O–H groups in total. The van der Waals surface area contributed by atoms with Gasteiger partial charge in [-0.3, -0.25) is 4.79 Å². The number of thioether (sulfide) groups is 2. The zero-order valence-corrected chi connectivity index (χ0v) is 16.9. The monoisotopic (exact) mass is 427 g/mol. The summed E-state index contributed by atoms with van der Waals surface area (Å²) in [6.45, 7) is 0.211. The number of rotatable bonds is 5. The van der Waals surface area contributed by atoms with Gasteiger partial charge in [0.15, 0.2) is 11.5 Å². The highest BCUT2D eigenvalue weighted by molar-refractivity contribution is 7.99. The maximum Gasteiger partial charge on any atom is 0.277 e. The quantitative estimate of drug-likeness (QED) is 0.614. The first-order valence-corrected chi connectivity index (χ1v) is 11.1. The highest BCUT2D eigenvalue weighted by Crippen LogP contribution is 2.37. The Morgan fingerprint density at radius 1 is 1.17 bits per heavy atom. The van der Waals surface area contributed by atoms with Crippen molar-refractivity contribution in [1.82, 2.24) is 15.5 Å². The summed E-state index contributed by atoms with van der Waals surface area (Å²) < 4.78 is 16.4. The Bertz CT molecular complexity index is 1060. The minimum absolute atomic E-state index is 0.0485. The normalized spacial score (nSPS) is 17.0. The van der Waals surface area contributed by atoms with Gasteiger partial charge in [0.2, 0.25) is 18.6 Å². The van der Waals surface area contributed by atoms with Gasteiger partial charge in [-0.15, -0.1) is 22.0 Å². The van der Waals surface area contributed by atoms with Crippen LogP contribution in [-0.4, -0.2) is 34.4 Å². The summed E-state index contributed by atoms with van der Waals surface area (Å²) in [6, 6.07) is 13.7. The molecule has 2 aromatic carbocycles. The highest BCUT2D eigenvalue weighted by atomic mass is 32.2. The molecule has 1 atom stereocenters. The van der Waals surface area contributed by atoms with Crippen molar-refractivity contribution in [2.75, 3.05) is 18.3 Å². The molecule has 2 aliphatic heterocycles. The summed E-state index contributed by atoms with van der Waals surface area (Å²) >= 11 is 3.06. The van der Waals surface area contributed by atoms with Crippen LogP contribution in [0.3, 0.4) is 0 Å². The third-order valence-electron chi connectivity index (χ3n) is 4.65. The third kappa shape index (κ3) is 3.92. The minimum Gasteiger partial charge on any atom is -0.454 e. The smallest absolute Gasteiger partial charge is 0.277 e. The second kappa shape index (κ2) is 8.00. The summed E-state index contributed by atoms with van der Waals surface area (Å²) in [5.74, 6) is 2.89. The number of benzene rings is 2. The number of fused-ring (bicyclic) bond motifs is 2. The fourth-order valence-electron chi connectivity index (χ4n) is 3.27. The third-order valence-corrected chi connectivity index (χ3v) is 6.59. The lowest BCUT2D eigenvalue weighted by Gasteiger charge is -2.25. The van der Waals surface area contributed by atoms with E-state index in [2.05, 4.69) is 27.6 Å². The van der Waals surface area contributed by atoms with Crippen LogP contribution in [0.15, 0.2) is 57.0 Å². The molecular formula is C20H17N3O4S2. The molecule has 0 aliphatic carbocycles. The van der Waals surface area contributed by atoms with Crippen molar-refractivity contribution < 1.29 is 18.7 Å². The van der Waals surface area contributed by atoms with Gasteiger partial charge in [-0.1, -0.05) is 30.0 Å². The first kappa shape index (κ1) is 18.4. The highest BCUT2D eigenvalue weighted by Gasteiger charge is 2.22. The Morgan fingerprint density at radius 3 is 3.03 bits per heavy atom. The van der Waals surface area contributed by atoms with Crippen molar-refractivity contribution in [3.8, 4) is 23.0 Å². The molecule has 0 bridgehead atoms. The molecule has 5 rings (SSSR count). The van der Waals surface area contributed by atoms with E-state index in [1.165, 1.54) is 22.2 Å². The standard InChI is InChI=1S/C20H17N3O4S2/c24-18(21-14-7-8-28-17-4-2-1-3-13(14)17)10-29-20-23-22-19(27-20)12-5-6-15-16(9-12)26-11-25-15/h1-6,9,14H,7-8,10-11H2,(H,21,24)/t14-/m0/s1. The summed E-state index contributed by atoms with van der Waals surface area (Å²) in [7, 11) is 0. The van der Waals surface area contributed by atoms with Gasteiger partial charge in [-0.25, -0.2) is 0 Å². The van der Waals surface area contributed by atoms with Gasteiger partial charge in [0, 0.05) is 16.2 Å². The lowest BCUT2D eigenvalue weighted by Crippen LogP contribution is -2.31. The molecule has 3 aromatic rings. The number of amides is 1. The molecule has 0 radical (unpaired) electrons. The van der Waals surface area contributed by atoms with E-state index >= 15 is 0 Å². The van der Waals surface area contributed by atoms with E-state index in [0.29, 0.717) is 22.6 Å². The van der Waals surface area contributed by atoms with Gasteiger partial charge in [-0.05, 0) is 36.2 Å². The lowest BCUT2D eigenvalue weighted by atomic mass is 10.0. The van der Waals surface area contributed by atoms with Gasteiger partial charge < -0.3 is 19.2 Å². The summed E-state index contributed by atoms with van der Waals surface area (Å²) in [6.07, 6.45) is 0.924. The molecule has 3 heterocycles. The summed E-state index contributed by atoms with van der Waals surface area (Å²) in [4.78, 5) is 13.7. The Balaban J connectivity index is 1.20. The predicted molar refractivity (Wildman–Crippen MR) is 109 cm³/mol. The first-order valence-electron chi connectivity index (χ1n) is 9.14. The van der Waals surface area contributed by atoms with Crippen LogP contribution < -0.4 is 14.8 Å². The second-order valence-corrected chi connectivity index (χ2v) is 8.59. The molecule has 0 unspecified atom stereocenters. The van der Waals surface area contributed by atoms with Crippen molar-refractivity contribution in [2.24, 2.45) is 0 Å². The molecule has 9 heteroatoms. The first-order chi connectivity index (χ1) is 14.3. The van der Waals surface area contributed by atoms with E-state index in [9.17, 15) is 4.79 Å². The minimum atomic E-state index is -0.0514. The number of carbonyl (C=O) groups is 1. The number of ether oxygens (including phenoxy) is 2. The average molecular weight is 428 g/mol. The van der Waals surface area contributed by atoms with Crippen molar-refractivity contribution in [3.63, 3.8) is 0 Å². The number of carbonyl (C=O) groups excluding carboxylic acids is 1. The maximum atomic E-state index is 12.4. The zero-order valence-electron chi connectivity index (χ0n) is 15.3. The van der Waals surface area contributed by atoms with Gasteiger partial charge in [-0.2, -0.15) is 0 Å². The fourth-order valence-corrected chi connectivity index (χ4v) is 4.97. The van der Waals surface area contributed by atoms with Crippen LogP contribution in [0.4, 0.5) is 0 Å². The fraction of sp³-hybridized carbons (Fsp3) is 0.250. The van der Waals surface area contributed by atoms with Crippen LogP contribution in [0.5, 0.6) is 11.5 Å². The van der Waals surface area contributed by atoms with Crippen LogP contribution in [0.2, 0.25) is 0 Å². The van der Waals surface area contributed by atoms with Gasteiger partial charge in [0.05, 0.1) is 11.8 Å². The molecule has 1 aromatic heterocycles. The van der Waals surface area contributed by atoms with Crippen LogP contribution >= 0.6 is 23.5 Å². The number of aromatic nitrogens is 2. The largest absolute Gasteiger partial charge is 0.454 e. The predicted octanol–water partition coefficient (Wildman–Crippen LogP) is 3.91. The molecule has 0 saturated heterocycles. The SMILES string of the molecule is O=C(CSc1nnc(-c2ccc3c(c2)OCO3)o1)N[C@H]1CCSc2ccccc21. The maximum absolute atomic E-state index is 12.4. The Kier molecular flexibility index (Phi) is 5.07. The molecule has 2 aliphatic rings. The molecular weight excluding hydrogens is 410 g/mol. The zero-order chi connectivity index (χ0) is 19.6. The number of nitrogens with zero attached hydrogens (tertiary/aromatic N) is 2. The van der Waals surface area contributed by atoms with E-state index in [0.717, 1.165) is 17.7 Å². The summed E-state index contributed by atoms with van der Waals surface area (Å²) in [5, 5.41) is 11.6. The van der Waals surface area contributed by atoms with E-state index in [4.69, 9.17) is 13.9 Å². The number of nitrogens with one attached hydrogen (secondary N) is 1. The summed E-state index contributed by atoms with van der Waals surface area (Å²) in [5.41, 5.74) is 1.93. The van der Waals surface area contributed by atoms with E-state index < -0.39 is 0 Å². The molecule has 1 amide bonds. The van der Waals surface area contributed by atoms with Crippen molar-refractivity contribution in [2.45, 2.75) is 22.6 Å². The van der Waals surface area contributed by atoms with E-state index in [-0.39, 0.29) is 24.5 Å². The lowest BCUT2D eigenvalue weighted by molar-refractivity contribution is -0.119. The molecule has 7 nitrogen and oxygen atoms in total. The van der Waals surface area contributed by atoms with Crippen LogP contribution in [0, 0.1) is 0 Å². The van der Waals surface area contributed by atoms with Crippen molar-refractivity contribution in [3.05, 3.63) is 48.0 Å².